The number of hydrogen-bond donors (Lipinski definition) is 1. The van der Waals surface area contributed by atoms with Crippen LogP contribution in [0.5, 0.6) is 0 Å². The fourth-order valence-corrected chi connectivity index (χ4v) is 1.65. The monoisotopic (exact) mass is 245 g/mol. The molecule has 0 unspecified atom stereocenters. The molecule has 0 aliphatic rings. The Bertz CT molecular complexity index is 547. The quantitative estimate of drug-likeness (QED) is 0.839. The molecule has 0 amide bonds. The molecule has 0 aliphatic heterocycles. The van der Waals surface area contributed by atoms with Gasteiger partial charge in [-0.1, -0.05) is 0 Å². The number of rotatable bonds is 3. The molecule has 18 heavy (non-hydrogen) atoms. The summed E-state index contributed by atoms with van der Waals surface area (Å²) < 4.78 is 4.77. The molecule has 0 aromatic carbocycles. The van der Waals surface area contributed by atoms with Gasteiger partial charge in [0.15, 0.2) is 0 Å². The first-order chi connectivity index (χ1) is 8.55. The first kappa shape index (κ1) is 12.3. The molecular weight excluding hydrogens is 230 g/mol. The van der Waals surface area contributed by atoms with Gasteiger partial charge in [-0.25, -0.2) is 9.97 Å². The maximum absolute atomic E-state index is 11.7. The van der Waals surface area contributed by atoms with Crippen LogP contribution in [0.4, 0.5) is 0 Å². The molecule has 0 aliphatic carbocycles. The number of hydrogen-bond acceptors (Lipinski definition) is 4. The summed E-state index contributed by atoms with van der Waals surface area (Å²) in [5, 5.41) is 0. The summed E-state index contributed by atoms with van der Waals surface area (Å²) in [5.74, 6) is 0.0904. The minimum Gasteiger partial charge on any atom is -0.468 e. The molecule has 2 heterocycles. The Balaban J connectivity index is 2.42. The highest BCUT2D eigenvalue weighted by Gasteiger charge is 2.34. The number of aromatic nitrogens is 3. The van der Waals surface area contributed by atoms with Crippen LogP contribution in [-0.2, 0) is 14.9 Å². The Hall–Kier alpha value is -2.17. The number of aromatic amines is 1. The van der Waals surface area contributed by atoms with Gasteiger partial charge in [0.1, 0.15) is 11.2 Å². The van der Waals surface area contributed by atoms with Crippen LogP contribution in [0.25, 0.3) is 11.4 Å². The van der Waals surface area contributed by atoms with E-state index in [1.54, 1.807) is 26.1 Å². The minimum atomic E-state index is -0.864. The molecule has 1 N–H and O–H groups in total. The number of esters is 1. The third-order valence-electron chi connectivity index (χ3n) is 2.78. The second-order valence-corrected chi connectivity index (χ2v) is 4.47. The van der Waals surface area contributed by atoms with Crippen molar-refractivity contribution in [1.29, 1.82) is 0 Å². The van der Waals surface area contributed by atoms with Crippen molar-refractivity contribution in [2.24, 2.45) is 0 Å². The van der Waals surface area contributed by atoms with E-state index in [4.69, 9.17) is 4.74 Å². The number of H-pyrrole nitrogens is 1. The van der Waals surface area contributed by atoms with E-state index in [1.807, 2.05) is 18.3 Å². The van der Waals surface area contributed by atoms with Crippen LogP contribution in [-0.4, -0.2) is 28.0 Å². The molecular formula is C13H15N3O2. The van der Waals surface area contributed by atoms with Gasteiger partial charge in [-0.2, -0.15) is 0 Å². The molecule has 0 atom stereocenters. The van der Waals surface area contributed by atoms with Gasteiger partial charge < -0.3 is 9.72 Å². The Kier molecular flexibility index (Phi) is 3.14. The van der Waals surface area contributed by atoms with E-state index in [0.717, 1.165) is 11.4 Å². The van der Waals surface area contributed by atoms with E-state index >= 15 is 0 Å². The summed E-state index contributed by atoms with van der Waals surface area (Å²) in [6.45, 7) is 3.49. The zero-order valence-corrected chi connectivity index (χ0v) is 10.6. The van der Waals surface area contributed by atoms with Gasteiger partial charge in [0, 0.05) is 12.4 Å². The average molecular weight is 245 g/mol. The van der Waals surface area contributed by atoms with Crippen molar-refractivity contribution in [2.75, 3.05) is 7.11 Å². The van der Waals surface area contributed by atoms with Gasteiger partial charge in [0.2, 0.25) is 0 Å². The molecule has 0 radical (unpaired) electrons. The lowest BCUT2D eigenvalue weighted by molar-refractivity contribution is -0.146. The second-order valence-electron chi connectivity index (χ2n) is 4.47. The molecule has 2 aromatic heterocycles. The molecule has 94 valence electrons. The summed E-state index contributed by atoms with van der Waals surface area (Å²) in [5.41, 5.74) is 0.776. The first-order valence-corrected chi connectivity index (χ1v) is 5.61. The number of nitrogens with zero attached hydrogens (tertiary/aromatic N) is 2. The molecule has 0 bridgehead atoms. The molecule has 0 saturated heterocycles. The molecule has 2 aromatic rings. The number of carbonyl (C=O) groups is 1. The maximum atomic E-state index is 11.7. The Morgan fingerprint density at radius 1 is 1.39 bits per heavy atom. The zero-order chi connectivity index (χ0) is 13.2. The van der Waals surface area contributed by atoms with Crippen molar-refractivity contribution < 1.29 is 9.53 Å². The van der Waals surface area contributed by atoms with Crippen molar-refractivity contribution in [3.8, 4) is 11.4 Å². The van der Waals surface area contributed by atoms with Crippen molar-refractivity contribution >= 4 is 5.97 Å². The predicted molar refractivity (Wildman–Crippen MR) is 66.9 cm³/mol. The predicted octanol–water partition coefficient (Wildman–Crippen LogP) is 1.92. The summed E-state index contributed by atoms with van der Waals surface area (Å²) in [4.78, 5) is 23.4. The van der Waals surface area contributed by atoms with E-state index < -0.39 is 5.41 Å². The van der Waals surface area contributed by atoms with E-state index in [-0.39, 0.29) is 5.97 Å². The zero-order valence-electron chi connectivity index (χ0n) is 10.6. The van der Waals surface area contributed by atoms with Crippen molar-refractivity contribution in [1.82, 2.24) is 15.0 Å². The normalized spacial score (nSPS) is 11.3. The van der Waals surface area contributed by atoms with Crippen LogP contribution in [0.3, 0.4) is 0 Å². The van der Waals surface area contributed by atoms with Crippen molar-refractivity contribution in [3.05, 3.63) is 36.4 Å². The summed E-state index contributed by atoms with van der Waals surface area (Å²) in [6, 6.07) is 5.60. The Morgan fingerprint density at radius 3 is 2.78 bits per heavy atom. The lowest BCUT2D eigenvalue weighted by Crippen LogP contribution is -2.32. The van der Waals surface area contributed by atoms with Crippen LogP contribution >= 0.6 is 0 Å². The van der Waals surface area contributed by atoms with Gasteiger partial charge in [-0.05, 0) is 32.0 Å². The number of carbonyl (C=O) groups excluding carboxylic acids is 1. The van der Waals surface area contributed by atoms with E-state index in [1.165, 1.54) is 7.11 Å². The number of nitrogens with one attached hydrogen (secondary N) is 1. The summed E-state index contributed by atoms with van der Waals surface area (Å²) in [6.07, 6.45) is 3.46. The van der Waals surface area contributed by atoms with Gasteiger partial charge in [0.05, 0.1) is 18.5 Å². The second kappa shape index (κ2) is 4.60. The van der Waals surface area contributed by atoms with Crippen LogP contribution in [0, 0.1) is 0 Å². The molecule has 5 nitrogen and oxygen atoms in total. The minimum absolute atomic E-state index is 0.355. The smallest absolute Gasteiger partial charge is 0.318 e. The average Bonchev–Trinajstić information content (AvgIpc) is 2.91. The highest BCUT2D eigenvalue weighted by molar-refractivity contribution is 5.81. The van der Waals surface area contributed by atoms with Gasteiger partial charge in [-0.15, -0.1) is 0 Å². The lowest BCUT2D eigenvalue weighted by Gasteiger charge is -2.19. The molecule has 0 saturated carbocycles. The Labute approximate surface area is 105 Å². The topological polar surface area (TPSA) is 67.9 Å². The third-order valence-corrected chi connectivity index (χ3v) is 2.78. The maximum Gasteiger partial charge on any atom is 0.318 e. The largest absolute Gasteiger partial charge is 0.468 e. The van der Waals surface area contributed by atoms with Crippen molar-refractivity contribution in [2.45, 2.75) is 19.3 Å². The summed E-state index contributed by atoms with van der Waals surface area (Å²) >= 11 is 0. The fraction of sp³-hybridized carbons (Fsp3) is 0.308. The van der Waals surface area contributed by atoms with Crippen LogP contribution in [0.1, 0.15) is 19.7 Å². The van der Waals surface area contributed by atoms with Gasteiger partial charge >= 0.3 is 5.97 Å². The lowest BCUT2D eigenvalue weighted by atomic mass is 9.92. The molecule has 2 rings (SSSR count). The first-order valence-electron chi connectivity index (χ1n) is 5.61. The molecule has 0 spiro atoms. The number of ether oxygens (including phenoxy) is 1. The van der Waals surface area contributed by atoms with Gasteiger partial charge in [-0.3, -0.25) is 4.79 Å². The number of methoxy groups -OCH3 is 1. The molecule has 5 heteroatoms. The summed E-state index contributed by atoms with van der Waals surface area (Å²) in [7, 11) is 1.36. The van der Waals surface area contributed by atoms with E-state index in [9.17, 15) is 4.79 Å². The fourth-order valence-electron chi connectivity index (χ4n) is 1.65. The van der Waals surface area contributed by atoms with Crippen LogP contribution in [0.15, 0.2) is 30.6 Å². The third kappa shape index (κ3) is 2.11. The van der Waals surface area contributed by atoms with Gasteiger partial charge in [0.25, 0.3) is 0 Å². The highest BCUT2D eigenvalue weighted by Crippen LogP contribution is 2.23. The van der Waals surface area contributed by atoms with Crippen LogP contribution < -0.4 is 0 Å². The van der Waals surface area contributed by atoms with E-state index in [0.29, 0.717) is 5.82 Å². The molecule has 0 fully saturated rings. The standard InChI is InChI=1S/C13H15N3O2/c1-13(2,12(17)18-3)11-15-8-6-10(16-11)9-5-4-7-14-9/h4-8,14H,1-3H3. The SMILES string of the molecule is COC(=O)C(C)(C)c1nccc(-c2ccc[nH]2)n1. The van der Waals surface area contributed by atoms with Crippen LogP contribution in [0.2, 0.25) is 0 Å². The highest BCUT2D eigenvalue weighted by atomic mass is 16.5. The van der Waals surface area contributed by atoms with E-state index in [2.05, 4.69) is 15.0 Å². The Morgan fingerprint density at radius 2 is 2.17 bits per heavy atom. The van der Waals surface area contributed by atoms with Crippen molar-refractivity contribution in [3.63, 3.8) is 0 Å².